The smallest absolute Gasteiger partial charge is 0.306 e. The lowest BCUT2D eigenvalue weighted by atomic mass is 10.1. The molecule has 0 atom stereocenters. The van der Waals surface area contributed by atoms with E-state index in [4.69, 9.17) is 14.2 Å². The molecule has 0 radical (unpaired) electrons. The zero-order chi connectivity index (χ0) is 26.9. The van der Waals surface area contributed by atoms with Gasteiger partial charge in [0.25, 0.3) is 0 Å². The molecular formula is C29H51NO6. The standard InChI is InChI=1S/C29H51NO6/c1-5-7-9-11-13-24-34-27(31)20-15-18-26(36-29(33)22-17-23-30(3)4)19-16-21-28(32)35-25-14-12-10-8-6-2/h11-14,26H,5-10,15-25H2,1-4H3/b13-11-,14-12-. The average molecular weight is 510 g/mol. The highest BCUT2D eigenvalue weighted by Crippen LogP contribution is 2.15. The second-order valence-corrected chi connectivity index (χ2v) is 9.40. The molecule has 0 aliphatic rings. The molecule has 0 fully saturated rings. The van der Waals surface area contributed by atoms with Gasteiger partial charge < -0.3 is 19.1 Å². The van der Waals surface area contributed by atoms with E-state index >= 15 is 0 Å². The van der Waals surface area contributed by atoms with Crippen LogP contribution in [0.1, 0.15) is 104 Å². The first-order valence-electron chi connectivity index (χ1n) is 13.8. The van der Waals surface area contributed by atoms with Crippen LogP contribution in [0.25, 0.3) is 0 Å². The lowest BCUT2D eigenvalue weighted by molar-refractivity contribution is -0.150. The Morgan fingerprint density at radius 2 is 1.14 bits per heavy atom. The lowest BCUT2D eigenvalue weighted by Gasteiger charge is -2.18. The zero-order valence-electron chi connectivity index (χ0n) is 23.3. The minimum Gasteiger partial charge on any atom is -0.462 e. The molecule has 0 amide bonds. The molecule has 0 unspecified atom stereocenters. The van der Waals surface area contributed by atoms with Crippen LogP contribution in [0.3, 0.4) is 0 Å². The molecule has 0 saturated carbocycles. The maximum Gasteiger partial charge on any atom is 0.306 e. The topological polar surface area (TPSA) is 82.1 Å². The van der Waals surface area contributed by atoms with E-state index in [-0.39, 0.29) is 36.9 Å². The van der Waals surface area contributed by atoms with Crippen molar-refractivity contribution in [1.82, 2.24) is 4.90 Å². The number of rotatable bonds is 23. The SMILES string of the molecule is CCCC/C=C\COC(=O)CCCC(CCCC(=O)OC/C=C\CCCC)OC(=O)CCCN(C)C. The van der Waals surface area contributed by atoms with E-state index in [1.807, 2.05) is 43.3 Å². The van der Waals surface area contributed by atoms with Gasteiger partial charge in [0.15, 0.2) is 0 Å². The number of hydrogen-bond acceptors (Lipinski definition) is 7. The number of carbonyl (C=O) groups is 3. The van der Waals surface area contributed by atoms with Crippen molar-refractivity contribution in [2.24, 2.45) is 0 Å². The van der Waals surface area contributed by atoms with E-state index in [1.54, 1.807) is 0 Å². The fraction of sp³-hybridized carbons (Fsp3) is 0.759. The number of ether oxygens (including phenoxy) is 3. The van der Waals surface area contributed by atoms with E-state index in [9.17, 15) is 14.4 Å². The van der Waals surface area contributed by atoms with Gasteiger partial charge in [-0.2, -0.15) is 0 Å². The summed E-state index contributed by atoms with van der Waals surface area (Å²) in [7, 11) is 3.93. The second-order valence-electron chi connectivity index (χ2n) is 9.40. The predicted molar refractivity (Wildman–Crippen MR) is 145 cm³/mol. The van der Waals surface area contributed by atoms with E-state index in [0.717, 1.165) is 51.5 Å². The third-order valence-corrected chi connectivity index (χ3v) is 5.56. The Morgan fingerprint density at radius 1 is 0.667 bits per heavy atom. The van der Waals surface area contributed by atoms with Gasteiger partial charge in [-0.05, 0) is 65.6 Å². The number of nitrogens with zero attached hydrogens (tertiary/aromatic N) is 1. The highest BCUT2D eigenvalue weighted by Gasteiger charge is 2.16. The first kappa shape index (κ1) is 33.8. The van der Waals surface area contributed by atoms with Crippen LogP contribution < -0.4 is 0 Å². The minimum atomic E-state index is -0.319. The summed E-state index contributed by atoms with van der Waals surface area (Å²) >= 11 is 0. The van der Waals surface area contributed by atoms with Crippen molar-refractivity contribution in [3.63, 3.8) is 0 Å². The zero-order valence-corrected chi connectivity index (χ0v) is 23.3. The van der Waals surface area contributed by atoms with Gasteiger partial charge in [0.05, 0.1) is 0 Å². The van der Waals surface area contributed by atoms with E-state index in [0.29, 0.717) is 45.3 Å². The molecule has 36 heavy (non-hydrogen) atoms. The van der Waals surface area contributed by atoms with E-state index < -0.39 is 0 Å². The van der Waals surface area contributed by atoms with Gasteiger partial charge in [-0.3, -0.25) is 14.4 Å². The van der Waals surface area contributed by atoms with Crippen LogP contribution in [0.2, 0.25) is 0 Å². The van der Waals surface area contributed by atoms with Crippen molar-refractivity contribution in [2.45, 2.75) is 110 Å². The number of hydrogen-bond donors (Lipinski definition) is 0. The summed E-state index contributed by atoms with van der Waals surface area (Å²) in [6.07, 6.45) is 18.0. The van der Waals surface area contributed by atoms with E-state index in [2.05, 4.69) is 13.8 Å². The average Bonchev–Trinajstić information content (AvgIpc) is 2.83. The highest BCUT2D eigenvalue weighted by atomic mass is 16.5. The first-order chi connectivity index (χ1) is 17.4. The van der Waals surface area contributed by atoms with Gasteiger partial charge >= 0.3 is 17.9 Å². The quantitative estimate of drug-likeness (QED) is 0.0706. The normalized spacial score (nSPS) is 11.6. The molecule has 7 nitrogen and oxygen atoms in total. The third kappa shape index (κ3) is 23.6. The maximum atomic E-state index is 12.3. The summed E-state index contributed by atoms with van der Waals surface area (Å²) in [5, 5.41) is 0. The van der Waals surface area contributed by atoms with Gasteiger partial charge in [-0.25, -0.2) is 0 Å². The molecule has 0 bridgehead atoms. The number of carbonyl (C=O) groups excluding carboxylic acids is 3. The Kier molecular flexibility index (Phi) is 23.1. The van der Waals surface area contributed by atoms with Gasteiger partial charge in [0.1, 0.15) is 19.3 Å². The first-order valence-corrected chi connectivity index (χ1v) is 13.8. The Labute approximate surface area is 219 Å². The second kappa shape index (κ2) is 24.5. The fourth-order valence-electron chi connectivity index (χ4n) is 3.44. The van der Waals surface area contributed by atoms with Crippen LogP contribution in [0, 0.1) is 0 Å². The van der Waals surface area contributed by atoms with Crippen LogP contribution in [-0.2, 0) is 28.6 Å². The summed E-state index contributed by atoms with van der Waals surface area (Å²) < 4.78 is 16.2. The van der Waals surface area contributed by atoms with Crippen molar-refractivity contribution in [2.75, 3.05) is 33.9 Å². The van der Waals surface area contributed by atoms with Crippen LogP contribution in [0.15, 0.2) is 24.3 Å². The molecule has 0 aliphatic carbocycles. The monoisotopic (exact) mass is 509 g/mol. The Bertz CT molecular complexity index is 589. The molecule has 0 spiro atoms. The van der Waals surface area contributed by atoms with Gasteiger partial charge in [0.2, 0.25) is 0 Å². The van der Waals surface area contributed by atoms with Gasteiger partial charge in [-0.1, -0.05) is 63.8 Å². The fourth-order valence-corrected chi connectivity index (χ4v) is 3.44. The Morgan fingerprint density at radius 3 is 1.58 bits per heavy atom. The van der Waals surface area contributed by atoms with Gasteiger partial charge in [0, 0.05) is 19.3 Å². The van der Waals surface area contributed by atoms with Crippen molar-refractivity contribution >= 4 is 17.9 Å². The number of allylic oxidation sites excluding steroid dienone is 2. The molecule has 0 aliphatic heterocycles. The third-order valence-electron chi connectivity index (χ3n) is 5.56. The summed E-state index contributed by atoms with van der Waals surface area (Å²) in [5.74, 6) is -0.732. The van der Waals surface area contributed by atoms with Crippen molar-refractivity contribution < 1.29 is 28.6 Å². The molecule has 0 aromatic carbocycles. The van der Waals surface area contributed by atoms with Crippen molar-refractivity contribution in [3.05, 3.63) is 24.3 Å². The Hall–Kier alpha value is -2.15. The summed E-state index contributed by atoms with van der Waals surface area (Å²) in [4.78, 5) is 38.3. The van der Waals surface area contributed by atoms with Crippen LogP contribution in [0.5, 0.6) is 0 Å². The summed E-state index contributed by atoms with van der Waals surface area (Å²) in [6, 6.07) is 0. The highest BCUT2D eigenvalue weighted by molar-refractivity contribution is 5.70. The van der Waals surface area contributed by atoms with E-state index in [1.165, 1.54) is 0 Å². The van der Waals surface area contributed by atoms with Crippen LogP contribution in [0.4, 0.5) is 0 Å². The molecule has 0 aromatic heterocycles. The predicted octanol–water partition coefficient (Wildman–Crippen LogP) is 6.16. The van der Waals surface area contributed by atoms with Crippen molar-refractivity contribution in [3.8, 4) is 0 Å². The molecular weight excluding hydrogens is 458 g/mol. The molecule has 0 heterocycles. The van der Waals surface area contributed by atoms with Crippen molar-refractivity contribution in [1.29, 1.82) is 0 Å². The molecule has 7 heteroatoms. The Balaban J connectivity index is 4.40. The minimum absolute atomic E-state index is 0.235. The summed E-state index contributed by atoms with van der Waals surface area (Å²) in [6.45, 7) is 5.69. The molecule has 208 valence electrons. The lowest BCUT2D eigenvalue weighted by Crippen LogP contribution is -2.21. The molecule has 0 saturated heterocycles. The molecule has 0 rings (SSSR count). The molecule has 0 N–H and O–H groups in total. The number of unbranched alkanes of at least 4 members (excludes halogenated alkanes) is 4. The largest absolute Gasteiger partial charge is 0.462 e. The maximum absolute atomic E-state index is 12.3. The summed E-state index contributed by atoms with van der Waals surface area (Å²) in [5.41, 5.74) is 0. The van der Waals surface area contributed by atoms with Crippen LogP contribution in [-0.4, -0.2) is 62.8 Å². The number of esters is 3. The van der Waals surface area contributed by atoms with Gasteiger partial charge in [-0.15, -0.1) is 0 Å². The molecule has 0 aromatic rings. The van der Waals surface area contributed by atoms with Crippen LogP contribution >= 0.6 is 0 Å².